The summed E-state index contributed by atoms with van der Waals surface area (Å²) in [4.78, 5) is 62.9. The molecule has 1 aromatic carbocycles. The van der Waals surface area contributed by atoms with Gasteiger partial charge in [0.2, 0.25) is 0 Å². The topological polar surface area (TPSA) is 139 Å². The zero-order valence-electron chi connectivity index (χ0n) is 26.1. The summed E-state index contributed by atoms with van der Waals surface area (Å²) < 4.78 is 12.1. The van der Waals surface area contributed by atoms with Gasteiger partial charge in [-0.2, -0.15) is 14.8 Å². The lowest BCUT2D eigenvalue weighted by molar-refractivity contribution is -0.141. The number of rotatable bonds is 5. The zero-order valence-corrected chi connectivity index (χ0v) is 26.1. The van der Waals surface area contributed by atoms with Crippen LogP contribution in [-0.2, 0) is 20.9 Å². The van der Waals surface area contributed by atoms with Crippen molar-refractivity contribution in [1.29, 1.82) is 0 Å². The van der Waals surface area contributed by atoms with Crippen molar-refractivity contribution in [2.45, 2.75) is 71.4 Å². The van der Waals surface area contributed by atoms with E-state index in [-0.39, 0.29) is 25.2 Å². The number of nitrogens with one attached hydrogen (secondary N) is 1. The predicted octanol–water partition coefficient (Wildman–Crippen LogP) is 3.89. The monoisotopic (exact) mass is 611 g/mol. The minimum absolute atomic E-state index is 0.0344. The van der Waals surface area contributed by atoms with Crippen molar-refractivity contribution in [3.8, 4) is 0 Å². The Kier molecular flexibility index (Phi) is 8.47. The maximum atomic E-state index is 13.6. The molecule has 4 heterocycles. The summed E-state index contributed by atoms with van der Waals surface area (Å²) in [7, 11) is 0. The third-order valence-corrected chi connectivity index (χ3v) is 7.36. The number of fused-ring (bicyclic) bond motifs is 4. The van der Waals surface area contributed by atoms with E-state index in [2.05, 4.69) is 10.4 Å². The molecule has 2 aromatic rings. The molecule has 238 valence electrons. The first-order valence-electron chi connectivity index (χ1n) is 14.8. The van der Waals surface area contributed by atoms with Crippen molar-refractivity contribution in [1.82, 2.24) is 34.9 Å². The molecule has 14 heteroatoms. The minimum atomic E-state index is -0.694. The second-order valence-electron chi connectivity index (χ2n) is 13.1. The molecule has 0 aliphatic carbocycles. The van der Waals surface area contributed by atoms with Gasteiger partial charge >= 0.3 is 24.2 Å². The summed E-state index contributed by atoms with van der Waals surface area (Å²) in [6.45, 7) is 12.5. The smallest absolute Gasteiger partial charge is 0.410 e. The molecule has 14 nitrogen and oxygen atoms in total. The molecular formula is C30H41N7O7. The van der Waals surface area contributed by atoms with Gasteiger partial charge in [0.15, 0.2) is 0 Å². The number of hydrogen-bond donors (Lipinski definition) is 1. The maximum Gasteiger partial charge on any atom is 0.410 e. The van der Waals surface area contributed by atoms with E-state index < -0.39 is 35.5 Å². The SMILES string of the molecule is CC(C)(C)OC(=O)NCC1c2nn(C(=O)N3CCN(C(=O)OC(C)(C)C)CC3)cc2[C@H]2CN1C(=O)N2OCc1ccccc1. The van der Waals surface area contributed by atoms with E-state index in [9.17, 15) is 19.2 Å². The van der Waals surface area contributed by atoms with Crippen molar-refractivity contribution in [3.05, 3.63) is 53.3 Å². The fourth-order valence-corrected chi connectivity index (χ4v) is 5.36. The molecule has 0 spiro atoms. The standard InChI is InChI=1S/C30H41N7O7/c1-29(2,3)43-25(38)31-16-22-24-21(23-18-35(22)27(40)37(23)42-19-20-10-8-7-9-11-20)17-36(32-24)26(39)33-12-14-34(15-13-33)28(41)44-30(4,5)6/h7-11,17,22-23H,12-16,18-19H2,1-6H3,(H,31,38)/t22?,23-/m1/s1. The highest BCUT2D eigenvalue weighted by molar-refractivity contribution is 5.80. The predicted molar refractivity (Wildman–Crippen MR) is 157 cm³/mol. The number of hydrogen-bond acceptors (Lipinski definition) is 8. The number of alkyl carbamates (subject to hydrolysis) is 1. The molecule has 3 aliphatic heterocycles. The first-order valence-corrected chi connectivity index (χ1v) is 14.8. The Balaban J connectivity index is 1.34. The quantitative estimate of drug-likeness (QED) is 0.537. The van der Waals surface area contributed by atoms with Crippen LogP contribution in [-0.4, -0.2) is 104 Å². The van der Waals surface area contributed by atoms with Crippen molar-refractivity contribution >= 4 is 24.2 Å². The van der Waals surface area contributed by atoms with Crippen LogP contribution in [0.15, 0.2) is 36.5 Å². The first-order chi connectivity index (χ1) is 20.7. The molecule has 2 atom stereocenters. The summed E-state index contributed by atoms with van der Waals surface area (Å²) in [5.74, 6) is 0. The number of ether oxygens (including phenoxy) is 2. The number of amides is 5. The van der Waals surface area contributed by atoms with Crippen molar-refractivity contribution in [2.75, 3.05) is 39.3 Å². The average Bonchev–Trinajstić information content (AvgIpc) is 3.51. The number of benzene rings is 1. The second-order valence-corrected chi connectivity index (χ2v) is 13.1. The van der Waals surface area contributed by atoms with Gasteiger partial charge in [0.25, 0.3) is 0 Å². The number of aromatic nitrogens is 2. The fraction of sp³-hybridized carbons (Fsp3) is 0.567. The molecule has 2 saturated heterocycles. The summed E-state index contributed by atoms with van der Waals surface area (Å²) in [6, 6.07) is 7.66. The van der Waals surface area contributed by atoms with Crippen molar-refractivity contribution in [2.24, 2.45) is 0 Å². The number of urea groups is 1. The minimum Gasteiger partial charge on any atom is -0.444 e. The lowest BCUT2D eigenvalue weighted by Crippen LogP contribution is -2.52. The number of hydroxylamine groups is 2. The Morgan fingerprint density at radius 2 is 1.57 bits per heavy atom. The summed E-state index contributed by atoms with van der Waals surface area (Å²) in [5, 5.41) is 8.72. The van der Waals surface area contributed by atoms with Gasteiger partial charge in [0, 0.05) is 44.5 Å². The Hall–Kier alpha value is -4.33. The van der Waals surface area contributed by atoms with E-state index >= 15 is 0 Å². The summed E-state index contributed by atoms with van der Waals surface area (Å²) >= 11 is 0. The van der Waals surface area contributed by atoms with E-state index in [0.717, 1.165) is 5.56 Å². The van der Waals surface area contributed by atoms with Crippen LogP contribution in [0.2, 0.25) is 0 Å². The van der Waals surface area contributed by atoms with Crippen LogP contribution >= 0.6 is 0 Å². The third-order valence-electron chi connectivity index (χ3n) is 7.36. The highest BCUT2D eigenvalue weighted by Crippen LogP contribution is 2.43. The van der Waals surface area contributed by atoms with Gasteiger partial charge in [-0.1, -0.05) is 30.3 Å². The number of nitrogens with zero attached hydrogens (tertiary/aromatic N) is 6. The first kappa shape index (κ1) is 31.1. The molecule has 5 rings (SSSR count). The van der Waals surface area contributed by atoms with Crippen molar-refractivity contribution < 1.29 is 33.5 Å². The number of piperazine rings is 1. The Morgan fingerprint density at radius 1 is 0.932 bits per heavy atom. The van der Waals surface area contributed by atoms with Crippen LogP contribution in [0.25, 0.3) is 0 Å². The Bertz CT molecular complexity index is 1390. The fourth-order valence-electron chi connectivity index (χ4n) is 5.36. The number of carbonyl (C=O) groups excluding carboxylic acids is 4. The molecule has 1 aromatic heterocycles. The largest absolute Gasteiger partial charge is 0.444 e. The lowest BCUT2D eigenvalue weighted by Gasteiger charge is -2.35. The Morgan fingerprint density at radius 3 is 2.20 bits per heavy atom. The van der Waals surface area contributed by atoms with E-state index in [0.29, 0.717) is 44.0 Å². The molecule has 0 saturated carbocycles. The molecule has 44 heavy (non-hydrogen) atoms. The normalized spacial score (nSPS) is 20.0. The van der Waals surface area contributed by atoms with E-state index in [1.807, 2.05) is 51.1 Å². The van der Waals surface area contributed by atoms with Crippen molar-refractivity contribution in [3.63, 3.8) is 0 Å². The second kappa shape index (κ2) is 12.0. The molecule has 5 amide bonds. The maximum absolute atomic E-state index is 13.6. The highest BCUT2D eigenvalue weighted by Gasteiger charge is 2.51. The van der Waals surface area contributed by atoms with Gasteiger partial charge < -0.3 is 29.5 Å². The van der Waals surface area contributed by atoms with Crippen LogP contribution in [0.1, 0.15) is 70.4 Å². The highest BCUT2D eigenvalue weighted by atomic mass is 16.7. The van der Waals surface area contributed by atoms with Crippen LogP contribution in [0.5, 0.6) is 0 Å². The van der Waals surface area contributed by atoms with E-state index in [4.69, 9.17) is 14.3 Å². The molecule has 2 bridgehead atoms. The van der Waals surface area contributed by atoms with Gasteiger partial charge in [0.1, 0.15) is 23.9 Å². The van der Waals surface area contributed by atoms with Gasteiger partial charge in [-0.3, -0.25) is 4.84 Å². The summed E-state index contributed by atoms with van der Waals surface area (Å²) in [5.41, 5.74) is 0.758. The van der Waals surface area contributed by atoms with Gasteiger partial charge in [-0.05, 0) is 47.1 Å². The Labute approximate surface area is 256 Å². The molecule has 2 fully saturated rings. The molecule has 1 N–H and O–H groups in total. The van der Waals surface area contributed by atoms with E-state index in [1.54, 1.807) is 41.7 Å². The van der Waals surface area contributed by atoms with Gasteiger partial charge in [0.05, 0.1) is 18.3 Å². The van der Waals surface area contributed by atoms with Crippen LogP contribution in [0.4, 0.5) is 19.2 Å². The van der Waals surface area contributed by atoms with Crippen LogP contribution in [0.3, 0.4) is 0 Å². The van der Waals surface area contributed by atoms with Crippen LogP contribution < -0.4 is 5.32 Å². The van der Waals surface area contributed by atoms with Crippen LogP contribution in [0, 0.1) is 0 Å². The van der Waals surface area contributed by atoms with E-state index in [1.165, 1.54) is 9.75 Å². The molecule has 3 aliphatic rings. The van der Waals surface area contributed by atoms with Gasteiger partial charge in [-0.15, -0.1) is 0 Å². The molecule has 0 radical (unpaired) electrons. The number of carbonyl (C=O) groups is 4. The third kappa shape index (κ3) is 6.90. The molecular weight excluding hydrogens is 570 g/mol. The average molecular weight is 612 g/mol. The lowest BCUT2D eigenvalue weighted by atomic mass is 9.98. The van der Waals surface area contributed by atoms with Gasteiger partial charge in [-0.25, -0.2) is 19.2 Å². The zero-order chi connectivity index (χ0) is 31.8. The molecule has 1 unspecified atom stereocenters. The summed E-state index contributed by atoms with van der Waals surface area (Å²) in [6.07, 6.45) is 0.603.